The molecule has 0 unspecified atom stereocenters. The molecule has 0 spiro atoms. The van der Waals surface area contributed by atoms with Gasteiger partial charge < -0.3 is 4.90 Å². The van der Waals surface area contributed by atoms with Gasteiger partial charge in [0.25, 0.3) is 0 Å². The normalized spacial score (nSPS) is 18.3. The van der Waals surface area contributed by atoms with Gasteiger partial charge in [-0.3, -0.25) is 0 Å². The van der Waals surface area contributed by atoms with Crippen molar-refractivity contribution in [2.24, 2.45) is 0 Å². The van der Waals surface area contributed by atoms with Gasteiger partial charge in [0.05, 0.1) is 21.2 Å². The number of anilines is 3. The van der Waals surface area contributed by atoms with Crippen molar-refractivity contribution >= 4 is 26.9 Å². The summed E-state index contributed by atoms with van der Waals surface area (Å²) in [6.07, 6.45) is 0. The van der Waals surface area contributed by atoms with Gasteiger partial charge in [-0.2, -0.15) is 0 Å². The maximum absolute atomic E-state index is 13.8. The molecular weight excluding hydrogens is 438 g/mol. The molecule has 0 amide bonds. The van der Waals surface area contributed by atoms with E-state index in [1.807, 2.05) is 36.4 Å². The Morgan fingerprint density at radius 2 is 1.03 bits per heavy atom. The third kappa shape index (κ3) is 2.66. The lowest BCUT2D eigenvalue weighted by atomic mass is 9.73. The number of benzene rings is 4. The molecule has 3 nitrogen and oxygen atoms in total. The molecule has 6 rings (SSSR count). The Balaban J connectivity index is 1.63. The first-order valence-electron chi connectivity index (χ1n) is 11.6. The van der Waals surface area contributed by atoms with E-state index in [1.54, 1.807) is 12.1 Å². The molecule has 0 saturated carbocycles. The lowest BCUT2D eigenvalue weighted by molar-refractivity contribution is 0.555. The Bertz CT molecular complexity index is 1530. The molecule has 0 N–H and O–H groups in total. The van der Waals surface area contributed by atoms with Crippen molar-refractivity contribution in [1.29, 1.82) is 0 Å². The van der Waals surface area contributed by atoms with Crippen molar-refractivity contribution in [3.8, 4) is 0 Å². The van der Waals surface area contributed by atoms with E-state index < -0.39 is 15.3 Å². The maximum atomic E-state index is 13.8. The molecule has 0 atom stereocenters. The Morgan fingerprint density at radius 3 is 1.65 bits per heavy atom. The van der Waals surface area contributed by atoms with E-state index in [4.69, 9.17) is 0 Å². The minimum atomic E-state index is -3.64. The molecular formula is C30H27NO2S. The van der Waals surface area contributed by atoms with Crippen LogP contribution in [0.2, 0.25) is 0 Å². The smallest absolute Gasteiger partial charge is 0.207 e. The first-order valence-corrected chi connectivity index (χ1v) is 13.1. The molecule has 0 saturated heterocycles. The second-order valence-corrected chi connectivity index (χ2v) is 12.2. The third-order valence-electron chi connectivity index (χ3n) is 7.67. The molecule has 4 heteroatoms. The topological polar surface area (TPSA) is 37.4 Å². The van der Waals surface area contributed by atoms with Crippen LogP contribution in [0.15, 0.2) is 101 Å². The van der Waals surface area contributed by atoms with Crippen LogP contribution in [0.25, 0.3) is 0 Å². The van der Waals surface area contributed by atoms with Gasteiger partial charge in [-0.15, -0.1) is 0 Å². The van der Waals surface area contributed by atoms with Crippen LogP contribution >= 0.6 is 0 Å². The molecule has 0 aromatic heterocycles. The molecule has 0 fully saturated rings. The average molecular weight is 466 g/mol. The second kappa shape index (κ2) is 6.83. The van der Waals surface area contributed by atoms with Crippen molar-refractivity contribution in [1.82, 2.24) is 0 Å². The van der Waals surface area contributed by atoms with Gasteiger partial charge in [0.15, 0.2) is 0 Å². The molecule has 2 aliphatic rings. The fourth-order valence-electron chi connectivity index (χ4n) is 5.82. The Morgan fingerprint density at radius 1 is 0.559 bits per heavy atom. The fourth-order valence-corrected chi connectivity index (χ4v) is 7.81. The molecule has 0 bridgehead atoms. The SMILES string of the molecule is CC1(C)c2ccccc2N(c2ccc3c(c2)S(=O)(=O)c2ccccc2C3(C)C)c2ccccc21. The fraction of sp³-hybridized carbons (Fsp3) is 0.200. The van der Waals surface area contributed by atoms with Crippen molar-refractivity contribution in [2.75, 3.05) is 4.90 Å². The molecule has 2 aliphatic heterocycles. The van der Waals surface area contributed by atoms with Crippen LogP contribution in [0.4, 0.5) is 17.1 Å². The van der Waals surface area contributed by atoms with E-state index in [-0.39, 0.29) is 5.41 Å². The van der Waals surface area contributed by atoms with Gasteiger partial charge in [-0.1, -0.05) is 88.4 Å². The van der Waals surface area contributed by atoms with Crippen LogP contribution in [-0.2, 0) is 20.7 Å². The predicted octanol–water partition coefficient (Wildman–Crippen LogP) is 7.27. The summed E-state index contributed by atoms with van der Waals surface area (Å²) < 4.78 is 27.6. The standard InChI is InChI=1S/C30H27NO2S/c1-29(2)21-11-5-8-14-25(21)31(26-15-9-6-12-22(26)29)20-17-18-24-28(19-20)34(32,33)27-16-10-7-13-23(27)30(24,3)4/h5-19H,1-4H3. The number of rotatable bonds is 1. The summed E-state index contributed by atoms with van der Waals surface area (Å²) in [5, 5.41) is 0. The summed E-state index contributed by atoms with van der Waals surface area (Å²) >= 11 is 0. The second-order valence-electron chi connectivity index (χ2n) is 10.3. The Labute approximate surface area is 201 Å². The van der Waals surface area contributed by atoms with Crippen molar-refractivity contribution in [3.05, 3.63) is 113 Å². The van der Waals surface area contributed by atoms with E-state index in [0.29, 0.717) is 9.79 Å². The summed E-state index contributed by atoms with van der Waals surface area (Å²) in [6, 6.07) is 30.2. The highest BCUT2D eigenvalue weighted by Crippen LogP contribution is 2.53. The lowest BCUT2D eigenvalue weighted by Gasteiger charge is -2.42. The van der Waals surface area contributed by atoms with Gasteiger partial charge in [0.2, 0.25) is 9.84 Å². The van der Waals surface area contributed by atoms with Crippen molar-refractivity contribution in [3.63, 3.8) is 0 Å². The van der Waals surface area contributed by atoms with Crippen LogP contribution in [0.1, 0.15) is 49.9 Å². The van der Waals surface area contributed by atoms with Crippen LogP contribution in [0.3, 0.4) is 0 Å². The number of fused-ring (bicyclic) bond motifs is 4. The van der Waals surface area contributed by atoms with Gasteiger partial charge in [0, 0.05) is 16.5 Å². The molecule has 0 radical (unpaired) electrons. The molecule has 4 aromatic rings. The summed E-state index contributed by atoms with van der Waals surface area (Å²) in [7, 11) is -3.64. The Kier molecular flexibility index (Phi) is 4.26. The zero-order chi connectivity index (χ0) is 23.9. The van der Waals surface area contributed by atoms with Gasteiger partial charge in [0.1, 0.15) is 0 Å². The minimum absolute atomic E-state index is 0.162. The largest absolute Gasteiger partial charge is 0.310 e. The highest BCUT2D eigenvalue weighted by molar-refractivity contribution is 7.91. The summed E-state index contributed by atoms with van der Waals surface area (Å²) in [5.74, 6) is 0. The van der Waals surface area contributed by atoms with Crippen molar-refractivity contribution < 1.29 is 8.42 Å². The zero-order valence-electron chi connectivity index (χ0n) is 19.8. The van der Waals surface area contributed by atoms with Gasteiger partial charge >= 0.3 is 0 Å². The van der Waals surface area contributed by atoms with Crippen LogP contribution < -0.4 is 4.90 Å². The number of nitrogens with zero attached hydrogens (tertiary/aromatic N) is 1. The highest BCUT2D eigenvalue weighted by atomic mass is 32.2. The highest BCUT2D eigenvalue weighted by Gasteiger charge is 2.42. The van der Waals surface area contributed by atoms with E-state index >= 15 is 0 Å². The van der Waals surface area contributed by atoms with E-state index in [0.717, 1.165) is 28.2 Å². The third-order valence-corrected chi connectivity index (χ3v) is 9.52. The summed E-state index contributed by atoms with van der Waals surface area (Å²) in [5.41, 5.74) is 6.59. The number of sulfone groups is 1. The first-order chi connectivity index (χ1) is 16.1. The van der Waals surface area contributed by atoms with Crippen LogP contribution in [0.5, 0.6) is 0 Å². The number of para-hydroxylation sites is 2. The monoisotopic (exact) mass is 465 g/mol. The first kappa shape index (κ1) is 21.2. The van der Waals surface area contributed by atoms with Crippen LogP contribution in [0, 0.1) is 0 Å². The van der Waals surface area contributed by atoms with Crippen LogP contribution in [-0.4, -0.2) is 8.42 Å². The summed E-state index contributed by atoms with van der Waals surface area (Å²) in [4.78, 5) is 3.01. The molecule has 0 aliphatic carbocycles. The molecule has 4 aromatic carbocycles. The van der Waals surface area contributed by atoms with Gasteiger partial charge in [-0.05, 0) is 52.6 Å². The predicted molar refractivity (Wildman–Crippen MR) is 137 cm³/mol. The Hall–Kier alpha value is -3.37. The zero-order valence-corrected chi connectivity index (χ0v) is 20.6. The van der Waals surface area contributed by atoms with E-state index in [2.05, 4.69) is 75.1 Å². The molecule has 2 heterocycles. The number of hydrogen-bond donors (Lipinski definition) is 0. The number of hydrogen-bond acceptors (Lipinski definition) is 3. The lowest BCUT2D eigenvalue weighted by Crippen LogP contribution is -2.32. The van der Waals surface area contributed by atoms with Crippen molar-refractivity contribution in [2.45, 2.75) is 48.3 Å². The quantitative estimate of drug-likeness (QED) is 0.297. The minimum Gasteiger partial charge on any atom is -0.310 e. The average Bonchev–Trinajstić information content (AvgIpc) is 2.83. The van der Waals surface area contributed by atoms with E-state index in [1.165, 1.54) is 11.1 Å². The van der Waals surface area contributed by atoms with Gasteiger partial charge in [-0.25, -0.2) is 8.42 Å². The maximum Gasteiger partial charge on any atom is 0.207 e. The molecule has 170 valence electrons. The van der Waals surface area contributed by atoms with E-state index in [9.17, 15) is 8.42 Å². The molecule has 34 heavy (non-hydrogen) atoms. The summed E-state index contributed by atoms with van der Waals surface area (Å²) in [6.45, 7) is 8.71.